The molecular formula is C16H20ClN3. The molecule has 0 aliphatic heterocycles. The lowest BCUT2D eigenvalue weighted by Gasteiger charge is -2.22. The number of nitrogens with two attached hydrogens (primary N) is 1. The molecule has 0 bridgehead atoms. The Bertz CT molecular complexity index is 516. The van der Waals surface area contributed by atoms with Gasteiger partial charge in [0.2, 0.25) is 0 Å². The van der Waals surface area contributed by atoms with Crippen LogP contribution in [0.2, 0.25) is 5.15 Å². The summed E-state index contributed by atoms with van der Waals surface area (Å²) < 4.78 is 0. The van der Waals surface area contributed by atoms with E-state index in [4.69, 9.17) is 17.3 Å². The van der Waals surface area contributed by atoms with Crippen molar-refractivity contribution < 1.29 is 0 Å². The maximum absolute atomic E-state index is 5.94. The molecule has 2 rings (SSSR count). The Kier molecular flexibility index (Phi) is 5.99. The summed E-state index contributed by atoms with van der Waals surface area (Å²) in [5.74, 6) is 0. The standard InChI is InChI=1S/C16H20ClN3/c17-16-9-4-8-15(19-16)13-20(11-5-10-18)12-14-6-2-1-3-7-14/h1-4,6-9H,5,10-13,18H2. The van der Waals surface area contributed by atoms with Gasteiger partial charge in [-0.1, -0.05) is 48.0 Å². The Morgan fingerprint density at radius 2 is 1.80 bits per heavy atom. The normalized spacial score (nSPS) is 10.9. The Hall–Kier alpha value is -1.42. The lowest BCUT2D eigenvalue weighted by Crippen LogP contribution is -2.26. The van der Waals surface area contributed by atoms with E-state index >= 15 is 0 Å². The zero-order chi connectivity index (χ0) is 14.2. The number of pyridine rings is 1. The van der Waals surface area contributed by atoms with E-state index in [-0.39, 0.29) is 0 Å². The summed E-state index contributed by atoms with van der Waals surface area (Å²) >= 11 is 5.94. The summed E-state index contributed by atoms with van der Waals surface area (Å²) in [6, 6.07) is 16.2. The van der Waals surface area contributed by atoms with Crippen molar-refractivity contribution in [1.82, 2.24) is 9.88 Å². The highest BCUT2D eigenvalue weighted by Gasteiger charge is 2.08. The topological polar surface area (TPSA) is 42.1 Å². The zero-order valence-electron chi connectivity index (χ0n) is 11.5. The lowest BCUT2D eigenvalue weighted by molar-refractivity contribution is 0.252. The summed E-state index contributed by atoms with van der Waals surface area (Å²) in [5, 5.41) is 0.543. The molecular weight excluding hydrogens is 270 g/mol. The van der Waals surface area contributed by atoms with Gasteiger partial charge < -0.3 is 5.73 Å². The average Bonchev–Trinajstić information content (AvgIpc) is 2.46. The van der Waals surface area contributed by atoms with Crippen LogP contribution in [-0.2, 0) is 13.1 Å². The third-order valence-corrected chi connectivity index (χ3v) is 3.30. The van der Waals surface area contributed by atoms with Crippen molar-refractivity contribution in [2.75, 3.05) is 13.1 Å². The molecule has 1 aromatic carbocycles. The van der Waals surface area contributed by atoms with Gasteiger partial charge in [0.15, 0.2) is 0 Å². The highest BCUT2D eigenvalue weighted by molar-refractivity contribution is 6.29. The van der Waals surface area contributed by atoms with Crippen LogP contribution in [0, 0.1) is 0 Å². The minimum Gasteiger partial charge on any atom is -0.330 e. The Morgan fingerprint density at radius 3 is 2.50 bits per heavy atom. The quantitative estimate of drug-likeness (QED) is 0.797. The second kappa shape index (κ2) is 8.00. The largest absolute Gasteiger partial charge is 0.330 e. The second-order valence-corrected chi connectivity index (χ2v) is 5.18. The van der Waals surface area contributed by atoms with Gasteiger partial charge >= 0.3 is 0 Å². The number of hydrogen-bond donors (Lipinski definition) is 1. The summed E-state index contributed by atoms with van der Waals surface area (Å²) in [7, 11) is 0. The molecule has 3 nitrogen and oxygen atoms in total. The molecule has 0 saturated carbocycles. The SMILES string of the molecule is NCCCN(Cc1ccccc1)Cc1cccc(Cl)n1. The van der Waals surface area contributed by atoms with E-state index < -0.39 is 0 Å². The minimum absolute atomic E-state index is 0.543. The van der Waals surface area contributed by atoms with Gasteiger partial charge in [0.1, 0.15) is 5.15 Å². The molecule has 106 valence electrons. The molecule has 1 heterocycles. The highest BCUT2D eigenvalue weighted by Crippen LogP contribution is 2.11. The minimum atomic E-state index is 0.543. The van der Waals surface area contributed by atoms with Crippen LogP contribution in [0.15, 0.2) is 48.5 Å². The first-order chi connectivity index (χ1) is 9.78. The molecule has 0 spiro atoms. The number of rotatable bonds is 7. The summed E-state index contributed by atoms with van der Waals surface area (Å²) in [4.78, 5) is 6.70. The number of aromatic nitrogens is 1. The van der Waals surface area contributed by atoms with Gasteiger partial charge in [-0.2, -0.15) is 0 Å². The Morgan fingerprint density at radius 1 is 1.00 bits per heavy atom. The van der Waals surface area contributed by atoms with E-state index in [1.54, 1.807) is 6.07 Å². The van der Waals surface area contributed by atoms with Gasteiger partial charge in [0.05, 0.1) is 5.69 Å². The van der Waals surface area contributed by atoms with Crippen molar-refractivity contribution in [1.29, 1.82) is 0 Å². The van der Waals surface area contributed by atoms with Gasteiger partial charge in [-0.15, -0.1) is 0 Å². The van der Waals surface area contributed by atoms with Crippen LogP contribution in [0.1, 0.15) is 17.7 Å². The third kappa shape index (κ3) is 4.93. The van der Waals surface area contributed by atoms with Gasteiger partial charge in [-0.25, -0.2) is 4.98 Å². The predicted molar refractivity (Wildman–Crippen MR) is 83.5 cm³/mol. The Balaban J connectivity index is 2.03. The van der Waals surface area contributed by atoms with Crippen LogP contribution in [0.25, 0.3) is 0 Å². The van der Waals surface area contributed by atoms with Crippen LogP contribution < -0.4 is 5.73 Å². The molecule has 2 aromatic rings. The van der Waals surface area contributed by atoms with Crippen molar-refractivity contribution >= 4 is 11.6 Å². The molecule has 20 heavy (non-hydrogen) atoms. The first-order valence-corrected chi connectivity index (χ1v) is 7.23. The number of halogens is 1. The van der Waals surface area contributed by atoms with Gasteiger partial charge in [-0.05, 0) is 30.7 Å². The second-order valence-electron chi connectivity index (χ2n) is 4.79. The predicted octanol–water partition coefficient (Wildman–Crippen LogP) is 3.09. The van der Waals surface area contributed by atoms with E-state index in [2.05, 4.69) is 34.1 Å². The smallest absolute Gasteiger partial charge is 0.129 e. The number of benzene rings is 1. The molecule has 4 heteroatoms. The molecule has 2 N–H and O–H groups in total. The van der Waals surface area contributed by atoms with Crippen molar-refractivity contribution in [2.24, 2.45) is 5.73 Å². The third-order valence-electron chi connectivity index (χ3n) is 3.09. The maximum Gasteiger partial charge on any atom is 0.129 e. The van der Waals surface area contributed by atoms with Crippen molar-refractivity contribution in [3.8, 4) is 0 Å². The van der Waals surface area contributed by atoms with Crippen LogP contribution in [-0.4, -0.2) is 23.0 Å². The molecule has 0 aliphatic carbocycles. The summed E-state index contributed by atoms with van der Waals surface area (Å²) in [6.45, 7) is 3.35. The molecule has 0 aliphatic rings. The molecule has 0 atom stereocenters. The van der Waals surface area contributed by atoms with Crippen molar-refractivity contribution in [3.63, 3.8) is 0 Å². The van der Waals surface area contributed by atoms with Gasteiger partial charge in [-0.3, -0.25) is 4.90 Å². The number of nitrogens with zero attached hydrogens (tertiary/aromatic N) is 2. The summed E-state index contributed by atoms with van der Waals surface area (Å²) in [6.07, 6.45) is 0.980. The molecule has 1 aromatic heterocycles. The van der Waals surface area contributed by atoms with Crippen molar-refractivity contribution in [2.45, 2.75) is 19.5 Å². The van der Waals surface area contributed by atoms with E-state index in [0.717, 1.165) is 31.7 Å². The van der Waals surface area contributed by atoms with E-state index in [0.29, 0.717) is 11.7 Å². The first-order valence-electron chi connectivity index (χ1n) is 6.85. The fourth-order valence-corrected chi connectivity index (χ4v) is 2.32. The first kappa shape index (κ1) is 15.0. The molecule has 0 radical (unpaired) electrons. The highest BCUT2D eigenvalue weighted by atomic mass is 35.5. The zero-order valence-corrected chi connectivity index (χ0v) is 12.3. The van der Waals surface area contributed by atoms with E-state index in [1.165, 1.54) is 5.56 Å². The fraction of sp³-hybridized carbons (Fsp3) is 0.312. The molecule has 0 saturated heterocycles. The van der Waals surface area contributed by atoms with Gasteiger partial charge in [0, 0.05) is 19.6 Å². The van der Waals surface area contributed by atoms with E-state index in [9.17, 15) is 0 Å². The van der Waals surface area contributed by atoms with Crippen LogP contribution in [0.3, 0.4) is 0 Å². The maximum atomic E-state index is 5.94. The van der Waals surface area contributed by atoms with Crippen molar-refractivity contribution in [3.05, 3.63) is 64.9 Å². The lowest BCUT2D eigenvalue weighted by atomic mass is 10.2. The van der Waals surface area contributed by atoms with Crippen LogP contribution >= 0.6 is 11.6 Å². The molecule has 0 fully saturated rings. The molecule has 0 unspecified atom stereocenters. The number of hydrogen-bond acceptors (Lipinski definition) is 3. The average molecular weight is 290 g/mol. The monoisotopic (exact) mass is 289 g/mol. The fourth-order valence-electron chi connectivity index (χ4n) is 2.14. The van der Waals surface area contributed by atoms with Crippen LogP contribution in [0.4, 0.5) is 0 Å². The van der Waals surface area contributed by atoms with Gasteiger partial charge in [0.25, 0.3) is 0 Å². The van der Waals surface area contributed by atoms with E-state index in [1.807, 2.05) is 18.2 Å². The molecule has 0 amide bonds. The van der Waals surface area contributed by atoms with Crippen LogP contribution in [0.5, 0.6) is 0 Å². The Labute approximate surface area is 125 Å². The summed E-state index contributed by atoms with van der Waals surface area (Å²) in [5.41, 5.74) is 7.91.